The second kappa shape index (κ2) is 11.1. The third-order valence-corrected chi connectivity index (χ3v) is 7.55. The van der Waals surface area contributed by atoms with E-state index in [1.54, 1.807) is 37.3 Å². The molecule has 2 fully saturated rings. The maximum atomic E-state index is 12.6. The van der Waals surface area contributed by atoms with Crippen LogP contribution >= 0.6 is 0 Å². The smallest absolute Gasteiger partial charge is 0.242 e. The van der Waals surface area contributed by atoms with Crippen molar-refractivity contribution in [3.05, 3.63) is 30.3 Å². The molecule has 0 bridgehead atoms. The van der Waals surface area contributed by atoms with Crippen molar-refractivity contribution < 1.29 is 22.7 Å². The molecule has 9 heteroatoms. The molecule has 3 N–H and O–H groups in total. The van der Waals surface area contributed by atoms with E-state index in [1.165, 1.54) is 0 Å². The zero-order chi connectivity index (χ0) is 22.3. The summed E-state index contributed by atoms with van der Waals surface area (Å²) in [6.07, 6.45) is 4.96. The summed E-state index contributed by atoms with van der Waals surface area (Å²) in [5.74, 6) is -0.249. The van der Waals surface area contributed by atoms with Crippen LogP contribution in [0.1, 0.15) is 45.4 Å². The molecule has 1 aliphatic carbocycles. The summed E-state index contributed by atoms with van der Waals surface area (Å²) in [6.45, 7) is 3.27. The Morgan fingerprint density at radius 1 is 1.06 bits per heavy atom. The molecule has 1 aliphatic heterocycles. The molecule has 1 unspecified atom stereocenters. The van der Waals surface area contributed by atoms with Crippen molar-refractivity contribution in [2.75, 3.05) is 19.7 Å². The van der Waals surface area contributed by atoms with Crippen LogP contribution in [-0.2, 0) is 24.3 Å². The molecule has 1 heterocycles. The van der Waals surface area contributed by atoms with Gasteiger partial charge in [-0.2, -0.15) is 0 Å². The van der Waals surface area contributed by atoms with E-state index in [1.807, 2.05) is 0 Å². The van der Waals surface area contributed by atoms with Crippen LogP contribution in [0.4, 0.5) is 0 Å². The summed E-state index contributed by atoms with van der Waals surface area (Å²) in [6, 6.07) is 7.72. The molecule has 1 saturated heterocycles. The fourth-order valence-electron chi connectivity index (χ4n) is 4.11. The van der Waals surface area contributed by atoms with Gasteiger partial charge in [-0.1, -0.05) is 18.2 Å². The Morgan fingerprint density at radius 3 is 2.42 bits per heavy atom. The summed E-state index contributed by atoms with van der Waals surface area (Å²) in [7, 11) is -3.51. The lowest BCUT2D eigenvalue weighted by Crippen LogP contribution is -2.48. The highest BCUT2D eigenvalue weighted by Gasteiger charge is 2.29. The molecule has 0 spiro atoms. The van der Waals surface area contributed by atoms with Crippen LogP contribution in [0.15, 0.2) is 35.2 Å². The Bertz CT molecular complexity index is 832. The molecule has 3 rings (SSSR count). The monoisotopic (exact) mass is 451 g/mol. The Kier molecular flexibility index (Phi) is 8.45. The first kappa shape index (κ1) is 23.7. The standard InChI is InChI=1S/C22H33N3O5S/c1-16(21(26)23-15-19-6-5-13-30-19)25-22(27)18-11-9-17(10-12-18)14-24-31(28,29)20-7-3-2-4-8-20/h2-4,7-8,16-19,24H,5-6,9-15H2,1H3,(H,23,26)(H,25,27)/t16-,17?,18?,19?/m0/s1. The lowest BCUT2D eigenvalue weighted by atomic mass is 9.81. The number of amides is 2. The number of hydrogen-bond donors (Lipinski definition) is 3. The Labute approximate surface area is 184 Å². The minimum absolute atomic E-state index is 0.0708. The highest BCUT2D eigenvalue weighted by Crippen LogP contribution is 2.29. The second-order valence-electron chi connectivity index (χ2n) is 8.49. The van der Waals surface area contributed by atoms with E-state index < -0.39 is 16.1 Å². The Hall–Kier alpha value is -1.97. The first-order chi connectivity index (χ1) is 14.8. The number of hydrogen-bond acceptors (Lipinski definition) is 5. The third-order valence-electron chi connectivity index (χ3n) is 6.11. The second-order valence-corrected chi connectivity index (χ2v) is 10.3. The van der Waals surface area contributed by atoms with Crippen molar-refractivity contribution in [2.24, 2.45) is 11.8 Å². The highest BCUT2D eigenvalue weighted by molar-refractivity contribution is 7.89. The molecule has 2 amide bonds. The van der Waals surface area contributed by atoms with Gasteiger partial charge in [0.25, 0.3) is 0 Å². The number of carbonyl (C=O) groups excluding carboxylic acids is 2. The van der Waals surface area contributed by atoms with E-state index in [9.17, 15) is 18.0 Å². The fourth-order valence-corrected chi connectivity index (χ4v) is 5.25. The molecule has 172 valence electrons. The maximum absolute atomic E-state index is 12.6. The average molecular weight is 452 g/mol. The van der Waals surface area contributed by atoms with Gasteiger partial charge in [0.1, 0.15) is 6.04 Å². The number of nitrogens with one attached hydrogen (secondary N) is 3. The quantitative estimate of drug-likeness (QED) is 0.527. The molecule has 31 heavy (non-hydrogen) atoms. The van der Waals surface area contributed by atoms with E-state index in [2.05, 4.69) is 15.4 Å². The summed E-state index contributed by atoms with van der Waals surface area (Å²) < 4.78 is 32.9. The van der Waals surface area contributed by atoms with E-state index in [4.69, 9.17) is 4.74 Å². The SMILES string of the molecule is C[C@H](NC(=O)C1CCC(CNS(=O)(=O)c2ccccc2)CC1)C(=O)NCC1CCCO1. The van der Waals surface area contributed by atoms with Gasteiger partial charge in [0, 0.05) is 25.6 Å². The Balaban J connectivity index is 1.36. The number of ether oxygens (including phenoxy) is 1. The van der Waals surface area contributed by atoms with Crippen LogP contribution in [0.3, 0.4) is 0 Å². The van der Waals surface area contributed by atoms with Gasteiger partial charge < -0.3 is 15.4 Å². The van der Waals surface area contributed by atoms with Crippen LogP contribution in [0.5, 0.6) is 0 Å². The number of rotatable bonds is 9. The Morgan fingerprint density at radius 2 is 1.77 bits per heavy atom. The van der Waals surface area contributed by atoms with Crippen molar-refractivity contribution in [3.8, 4) is 0 Å². The van der Waals surface area contributed by atoms with Crippen LogP contribution in [0, 0.1) is 11.8 Å². The largest absolute Gasteiger partial charge is 0.376 e. The first-order valence-corrected chi connectivity index (χ1v) is 12.6. The average Bonchev–Trinajstić information content (AvgIpc) is 3.30. The summed E-state index contributed by atoms with van der Waals surface area (Å²) in [5.41, 5.74) is 0. The van der Waals surface area contributed by atoms with Gasteiger partial charge in [0.2, 0.25) is 21.8 Å². The molecule has 1 aromatic carbocycles. The van der Waals surface area contributed by atoms with E-state index in [0.29, 0.717) is 25.9 Å². The van der Waals surface area contributed by atoms with Crippen molar-refractivity contribution in [2.45, 2.75) is 62.5 Å². The summed E-state index contributed by atoms with van der Waals surface area (Å²) in [4.78, 5) is 25.0. The minimum Gasteiger partial charge on any atom is -0.376 e. The normalized spacial score (nSPS) is 25.0. The van der Waals surface area contributed by atoms with Crippen LogP contribution in [-0.4, -0.2) is 52.1 Å². The molecular weight excluding hydrogens is 418 g/mol. The lowest BCUT2D eigenvalue weighted by molar-refractivity contribution is -0.131. The molecule has 1 saturated carbocycles. The topological polar surface area (TPSA) is 114 Å². The van der Waals surface area contributed by atoms with E-state index >= 15 is 0 Å². The van der Waals surface area contributed by atoms with E-state index in [0.717, 1.165) is 32.3 Å². The third kappa shape index (κ3) is 7.02. The minimum atomic E-state index is -3.51. The predicted octanol–water partition coefficient (Wildman–Crippen LogP) is 1.57. The summed E-state index contributed by atoms with van der Waals surface area (Å²) >= 11 is 0. The molecule has 2 atom stereocenters. The van der Waals surface area contributed by atoms with Crippen molar-refractivity contribution >= 4 is 21.8 Å². The maximum Gasteiger partial charge on any atom is 0.242 e. The van der Waals surface area contributed by atoms with Crippen molar-refractivity contribution in [1.82, 2.24) is 15.4 Å². The first-order valence-electron chi connectivity index (χ1n) is 11.1. The molecule has 8 nitrogen and oxygen atoms in total. The van der Waals surface area contributed by atoms with Gasteiger partial charge in [-0.05, 0) is 63.5 Å². The predicted molar refractivity (Wildman–Crippen MR) is 117 cm³/mol. The lowest BCUT2D eigenvalue weighted by Gasteiger charge is -2.28. The van der Waals surface area contributed by atoms with Crippen LogP contribution < -0.4 is 15.4 Å². The van der Waals surface area contributed by atoms with Crippen LogP contribution in [0.2, 0.25) is 0 Å². The zero-order valence-corrected chi connectivity index (χ0v) is 18.8. The fraction of sp³-hybridized carbons (Fsp3) is 0.636. The molecule has 0 radical (unpaired) electrons. The molecule has 1 aromatic rings. The van der Waals surface area contributed by atoms with Crippen molar-refractivity contribution in [1.29, 1.82) is 0 Å². The van der Waals surface area contributed by atoms with Gasteiger partial charge >= 0.3 is 0 Å². The highest BCUT2D eigenvalue weighted by atomic mass is 32.2. The van der Waals surface area contributed by atoms with E-state index in [-0.39, 0.29) is 34.6 Å². The van der Waals surface area contributed by atoms with Gasteiger partial charge in [0.15, 0.2) is 0 Å². The van der Waals surface area contributed by atoms with Crippen molar-refractivity contribution in [3.63, 3.8) is 0 Å². The summed E-state index contributed by atoms with van der Waals surface area (Å²) in [5, 5.41) is 5.65. The van der Waals surface area contributed by atoms with Crippen LogP contribution in [0.25, 0.3) is 0 Å². The molecule has 2 aliphatic rings. The number of sulfonamides is 1. The number of carbonyl (C=O) groups is 2. The number of benzene rings is 1. The zero-order valence-electron chi connectivity index (χ0n) is 18.0. The van der Waals surface area contributed by atoms with Gasteiger partial charge in [-0.15, -0.1) is 0 Å². The van der Waals surface area contributed by atoms with Gasteiger partial charge in [-0.25, -0.2) is 13.1 Å². The van der Waals surface area contributed by atoms with Gasteiger partial charge in [0.05, 0.1) is 11.0 Å². The molecular formula is C22H33N3O5S. The van der Waals surface area contributed by atoms with Gasteiger partial charge in [-0.3, -0.25) is 9.59 Å². The molecule has 0 aromatic heterocycles.